The molecular weight excluding hydrogens is 238 g/mol. The molecule has 1 aromatic carbocycles. The van der Waals surface area contributed by atoms with E-state index in [2.05, 4.69) is 0 Å². The van der Waals surface area contributed by atoms with Crippen molar-refractivity contribution >= 4 is 21.6 Å². The Bertz CT molecular complexity index is 577. The van der Waals surface area contributed by atoms with E-state index in [-0.39, 0.29) is 11.7 Å². The molecule has 0 radical (unpaired) electrons. The highest BCUT2D eigenvalue weighted by molar-refractivity contribution is 7.94. The van der Waals surface area contributed by atoms with Crippen molar-refractivity contribution in [2.24, 2.45) is 5.92 Å². The smallest absolute Gasteiger partial charge is 0.244 e. The first-order valence-electron chi connectivity index (χ1n) is 5.47. The molecule has 5 heteroatoms. The van der Waals surface area contributed by atoms with Crippen molar-refractivity contribution in [1.29, 1.82) is 0 Å². The summed E-state index contributed by atoms with van der Waals surface area (Å²) in [5.74, 6) is -0.891. The van der Waals surface area contributed by atoms with Gasteiger partial charge in [-0.25, -0.2) is 12.7 Å². The zero-order chi connectivity index (χ0) is 12.8. The van der Waals surface area contributed by atoms with Crippen LogP contribution in [0.4, 0.5) is 5.69 Å². The van der Waals surface area contributed by atoms with Crippen LogP contribution in [0.25, 0.3) is 0 Å². The van der Waals surface area contributed by atoms with Crippen molar-refractivity contribution < 1.29 is 13.2 Å². The van der Waals surface area contributed by atoms with Gasteiger partial charge in [-0.1, -0.05) is 19.1 Å². The van der Waals surface area contributed by atoms with Crippen LogP contribution < -0.4 is 4.31 Å². The van der Waals surface area contributed by atoms with Crippen LogP contribution in [0.5, 0.6) is 0 Å². The Morgan fingerprint density at radius 1 is 1.29 bits per heavy atom. The van der Waals surface area contributed by atoms with E-state index in [1.165, 1.54) is 0 Å². The SMILES string of the molecule is Cc1cccc(N2C(=O)C(C)CS2(=O)=O)c1C. The highest BCUT2D eigenvalue weighted by Crippen LogP contribution is 2.31. The summed E-state index contributed by atoms with van der Waals surface area (Å²) < 4.78 is 24.9. The first-order valence-corrected chi connectivity index (χ1v) is 7.08. The molecule has 1 atom stereocenters. The van der Waals surface area contributed by atoms with Gasteiger partial charge in [0.1, 0.15) is 0 Å². The van der Waals surface area contributed by atoms with Crippen molar-refractivity contribution in [3.8, 4) is 0 Å². The summed E-state index contributed by atoms with van der Waals surface area (Å²) in [4.78, 5) is 11.9. The Kier molecular flexibility index (Phi) is 2.73. The first kappa shape index (κ1) is 12.1. The molecule has 0 saturated carbocycles. The van der Waals surface area contributed by atoms with Crippen LogP contribution in [0.2, 0.25) is 0 Å². The van der Waals surface area contributed by atoms with Crippen molar-refractivity contribution in [1.82, 2.24) is 0 Å². The summed E-state index contributed by atoms with van der Waals surface area (Å²) in [7, 11) is -3.49. The second-order valence-corrected chi connectivity index (χ2v) is 6.36. The third kappa shape index (κ3) is 1.84. The lowest BCUT2D eigenvalue weighted by atomic mass is 10.1. The number of hydrogen-bond acceptors (Lipinski definition) is 3. The van der Waals surface area contributed by atoms with Gasteiger partial charge in [0.2, 0.25) is 15.9 Å². The minimum Gasteiger partial charge on any atom is -0.273 e. The standard InChI is InChI=1S/C12H15NO3S/c1-8-5-4-6-11(10(8)3)13-12(14)9(2)7-17(13,15)16/h4-6,9H,7H2,1-3H3. The normalized spacial score (nSPS) is 23.1. The van der Waals surface area contributed by atoms with Crippen molar-refractivity contribution in [3.05, 3.63) is 29.3 Å². The predicted molar refractivity (Wildman–Crippen MR) is 66.4 cm³/mol. The van der Waals surface area contributed by atoms with Gasteiger partial charge in [0.25, 0.3) is 0 Å². The molecule has 0 spiro atoms. The van der Waals surface area contributed by atoms with Gasteiger partial charge in [-0.2, -0.15) is 0 Å². The Morgan fingerprint density at radius 3 is 2.47 bits per heavy atom. The summed E-state index contributed by atoms with van der Waals surface area (Å²) in [6, 6.07) is 5.34. The molecule has 92 valence electrons. The van der Waals surface area contributed by atoms with E-state index in [9.17, 15) is 13.2 Å². The monoisotopic (exact) mass is 253 g/mol. The summed E-state index contributed by atoms with van der Waals surface area (Å²) in [5.41, 5.74) is 2.29. The van der Waals surface area contributed by atoms with Gasteiger partial charge in [-0.3, -0.25) is 4.79 Å². The average molecular weight is 253 g/mol. The molecule has 0 aliphatic carbocycles. The van der Waals surface area contributed by atoms with E-state index >= 15 is 0 Å². The lowest BCUT2D eigenvalue weighted by Gasteiger charge is -2.18. The van der Waals surface area contributed by atoms with Gasteiger partial charge in [-0.15, -0.1) is 0 Å². The van der Waals surface area contributed by atoms with E-state index in [0.29, 0.717) is 5.69 Å². The van der Waals surface area contributed by atoms with Gasteiger partial charge in [-0.05, 0) is 31.0 Å². The minimum atomic E-state index is -3.49. The van der Waals surface area contributed by atoms with E-state index in [1.54, 1.807) is 19.1 Å². The lowest BCUT2D eigenvalue weighted by molar-refractivity contribution is -0.119. The van der Waals surface area contributed by atoms with E-state index in [4.69, 9.17) is 0 Å². The number of benzene rings is 1. The second-order valence-electron chi connectivity index (χ2n) is 4.50. The van der Waals surface area contributed by atoms with E-state index in [1.807, 2.05) is 19.9 Å². The molecule has 1 aliphatic heterocycles. The van der Waals surface area contributed by atoms with E-state index in [0.717, 1.165) is 15.4 Å². The molecule has 4 nitrogen and oxygen atoms in total. The van der Waals surface area contributed by atoms with Crippen LogP contribution in [-0.2, 0) is 14.8 Å². The van der Waals surface area contributed by atoms with Gasteiger partial charge < -0.3 is 0 Å². The molecule has 0 N–H and O–H groups in total. The predicted octanol–water partition coefficient (Wildman–Crippen LogP) is 1.62. The molecule has 1 aromatic rings. The summed E-state index contributed by atoms with van der Waals surface area (Å²) in [6.45, 7) is 5.37. The maximum Gasteiger partial charge on any atom is 0.244 e. The fourth-order valence-electron chi connectivity index (χ4n) is 2.02. The molecule has 1 fully saturated rings. The van der Waals surface area contributed by atoms with Crippen LogP contribution in [0.3, 0.4) is 0 Å². The molecule has 1 saturated heterocycles. The molecule has 17 heavy (non-hydrogen) atoms. The first-order chi connectivity index (χ1) is 7.84. The molecule has 1 amide bonds. The summed E-state index contributed by atoms with van der Waals surface area (Å²) >= 11 is 0. The highest BCUT2D eigenvalue weighted by Gasteiger charge is 2.42. The third-order valence-electron chi connectivity index (χ3n) is 3.16. The number of rotatable bonds is 1. The van der Waals surface area contributed by atoms with Crippen LogP contribution in [0, 0.1) is 19.8 Å². The second kappa shape index (κ2) is 3.84. The quantitative estimate of drug-likeness (QED) is 0.764. The molecule has 0 aromatic heterocycles. The van der Waals surface area contributed by atoms with Gasteiger partial charge >= 0.3 is 0 Å². The Labute approximate surface area is 101 Å². The number of nitrogens with zero attached hydrogens (tertiary/aromatic N) is 1. The minimum absolute atomic E-state index is 0.0980. The van der Waals surface area contributed by atoms with Gasteiger partial charge in [0.05, 0.1) is 17.4 Å². The van der Waals surface area contributed by atoms with Crippen molar-refractivity contribution in [2.75, 3.05) is 10.1 Å². The van der Waals surface area contributed by atoms with Crippen LogP contribution >= 0.6 is 0 Å². The van der Waals surface area contributed by atoms with Gasteiger partial charge in [0.15, 0.2) is 0 Å². The molecule has 2 rings (SSSR count). The summed E-state index contributed by atoms with van der Waals surface area (Å²) in [6.07, 6.45) is 0. The van der Waals surface area contributed by atoms with Crippen LogP contribution in [0.15, 0.2) is 18.2 Å². The Hall–Kier alpha value is -1.36. The molecular formula is C12H15NO3S. The maximum absolute atomic E-state index is 12.0. The number of carbonyl (C=O) groups excluding carboxylic acids is 1. The summed E-state index contributed by atoms with van der Waals surface area (Å²) in [5, 5.41) is 0. The van der Waals surface area contributed by atoms with Gasteiger partial charge in [0, 0.05) is 0 Å². The fourth-order valence-corrected chi connectivity index (χ4v) is 3.90. The lowest BCUT2D eigenvalue weighted by Crippen LogP contribution is -2.31. The average Bonchev–Trinajstić information content (AvgIpc) is 2.42. The molecule has 1 unspecified atom stereocenters. The largest absolute Gasteiger partial charge is 0.273 e. The maximum atomic E-state index is 12.0. The van der Waals surface area contributed by atoms with E-state index < -0.39 is 15.9 Å². The van der Waals surface area contributed by atoms with Crippen LogP contribution in [0.1, 0.15) is 18.1 Å². The topological polar surface area (TPSA) is 54.5 Å². The molecule has 1 heterocycles. The number of anilines is 1. The Balaban J connectivity index is 2.61. The molecule has 0 bridgehead atoms. The van der Waals surface area contributed by atoms with Crippen molar-refractivity contribution in [2.45, 2.75) is 20.8 Å². The fraction of sp³-hybridized carbons (Fsp3) is 0.417. The zero-order valence-corrected chi connectivity index (χ0v) is 10.9. The van der Waals surface area contributed by atoms with Crippen molar-refractivity contribution in [3.63, 3.8) is 0 Å². The number of amides is 1. The van der Waals surface area contributed by atoms with Crippen LogP contribution in [-0.4, -0.2) is 20.1 Å². The Morgan fingerprint density at radius 2 is 1.94 bits per heavy atom. The molecule has 1 aliphatic rings. The number of sulfonamides is 1. The zero-order valence-electron chi connectivity index (χ0n) is 10.1. The number of hydrogen-bond donors (Lipinski definition) is 0. The third-order valence-corrected chi connectivity index (χ3v) is 5.01. The highest BCUT2D eigenvalue weighted by atomic mass is 32.2. The number of carbonyl (C=O) groups is 1. The number of aryl methyl sites for hydroxylation is 1.